The van der Waals surface area contributed by atoms with Crippen molar-refractivity contribution in [2.75, 3.05) is 24.7 Å². The van der Waals surface area contributed by atoms with Gasteiger partial charge in [0.15, 0.2) is 0 Å². The van der Waals surface area contributed by atoms with Gasteiger partial charge in [-0.05, 0) is 36.3 Å². The Morgan fingerprint density at radius 1 is 1.41 bits per heavy atom. The highest BCUT2D eigenvalue weighted by molar-refractivity contribution is 7.99. The molecule has 22 heavy (non-hydrogen) atoms. The number of benzene rings is 1. The van der Waals surface area contributed by atoms with E-state index >= 15 is 0 Å². The van der Waals surface area contributed by atoms with E-state index in [1.54, 1.807) is 17.8 Å². The van der Waals surface area contributed by atoms with E-state index in [-0.39, 0.29) is 5.91 Å². The van der Waals surface area contributed by atoms with Gasteiger partial charge in [-0.2, -0.15) is 11.8 Å². The SMILES string of the molecule is O=C(NC1(C(=O)O)CCSC1)c1cccc(C2CCOC2)c1. The van der Waals surface area contributed by atoms with E-state index < -0.39 is 11.5 Å². The van der Waals surface area contributed by atoms with Gasteiger partial charge >= 0.3 is 5.97 Å². The van der Waals surface area contributed by atoms with Gasteiger partial charge in [0.25, 0.3) is 5.91 Å². The summed E-state index contributed by atoms with van der Waals surface area (Å²) in [4.78, 5) is 24.0. The molecule has 0 bridgehead atoms. The Hall–Kier alpha value is -1.53. The van der Waals surface area contributed by atoms with E-state index in [0.717, 1.165) is 24.3 Å². The minimum atomic E-state index is -1.13. The summed E-state index contributed by atoms with van der Waals surface area (Å²) in [6.45, 7) is 1.43. The van der Waals surface area contributed by atoms with Crippen molar-refractivity contribution >= 4 is 23.6 Å². The van der Waals surface area contributed by atoms with Crippen LogP contribution in [0.2, 0.25) is 0 Å². The lowest BCUT2D eigenvalue weighted by Crippen LogP contribution is -2.54. The molecule has 118 valence electrons. The molecule has 6 heteroatoms. The van der Waals surface area contributed by atoms with Crippen LogP contribution in [-0.4, -0.2) is 47.2 Å². The zero-order valence-electron chi connectivity index (χ0n) is 12.2. The highest BCUT2D eigenvalue weighted by Gasteiger charge is 2.43. The van der Waals surface area contributed by atoms with E-state index in [4.69, 9.17) is 4.74 Å². The monoisotopic (exact) mass is 321 g/mol. The molecule has 0 spiro atoms. The first-order chi connectivity index (χ1) is 10.6. The minimum absolute atomic E-state index is 0.314. The number of nitrogens with one attached hydrogen (secondary N) is 1. The number of aliphatic carboxylic acids is 1. The van der Waals surface area contributed by atoms with Gasteiger partial charge in [-0.3, -0.25) is 4.79 Å². The molecule has 2 aliphatic heterocycles. The lowest BCUT2D eigenvalue weighted by atomic mass is 9.95. The predicted molar refractivity (Wildman–Crippen MR) is 84.4 cm³/mol. The first kappa shape index (κ1) is 15.4. The summed E-state index contributed by atoms with van der Waals surface area (Å²) >= 11 is 1.56. The third-order valence-corrected chi connectivity index (χ3v) is 5.52. The molecule has 2 N–H and O–H groups in total. The van der Waals surface area contributed by atoms with Crippen molar-refractivity contribution in [1.82, 2.24) is 5.32 Å². The van der Waals surface area contributed by atoms with Crippen LogP contribution in [-0.2, 0) is 9.53 Å². The van der Waals surface area contributed by atoms with Crippen LogP contribution in [0.25, 0.3) is 0 Å². The zero-order chi connectivity index (χ0) is 15.6. The second kappa shape index (κ2) is 6.30. The Morgan fingerprint density at radius 3 is 2.91 bits per heavy atom. The van der Waals surface area contributed by atoms with E-state index in [9.17, 15) is 14.7 Å². The van der Waals surface area contributed by atoms with Crippen molar-refractivity contribution in [1.29, 1.82) is 0 Å². The van der Waals surface area contributed by atoms with Crippen molar-refractivity contribution in [3.8, 4) is 0 Å². The van der Waals surface area contributed by atoms with Gasteiger partial charge in [-0.25, -0.2) is 4.79 Å². The molecule has 0 aliphatic carbocycles. The van der Waals surface area contributed by atoms with Crippen LogP contribution in [0.3, 0.4) is 0 Å². The van der Waals surface area contributed by atoms with Crippen LogP contribution in [0, 0.1) is 0 Å². The van der Waals surface area contributed by atoms with Crippen molar-refractivity contribution < 1.29 is 19.4 Å². The molecule has 3 rings (SSSR count). The lowest BCUT2D eigenvalue weighted by molar-refractivity contribution is -0.143. The summed E-state index contributed by atoms with van der Waals surface area (Å²) in [5, 5.41) is 12.2. The average Bonchev–Trinajstić information content (AvgIpc) is 3.19. The Bertz CT molecular complexity index is 577. The molecule has 0 radical (unpaired) electrons. The zero-order valence-corrected chi connectivity index (χ0v) is 13.0. The standard InChI is InChI=1S/C16H19NO4S/c18-14(17-16(15(19)20)5-7-22-10-16)12-3-1-2-11(8-12)13-4-6-21-9-13/h1-3,8,13H,4-7,9-10H2,(H,17,18)(H,19,20). The Balaban J connectivity index is 1.77. The number of amides is 1. The van der Waals surface area contributed by atoms with Crippen molar-refractivity contribution in [2.45, 2.75) is 24.3 Å². The van der Waals surface area contributed by atoms with Crippen LogP contribution in [0.5, 0.6) is 0 Å². The second-order valence-electron chi connectivity index (χ2n) is 5.83. The van der Waals surface area contributed by atoms with Gasteiger partial charge in [-0.15, -0.1) is 0 Å². The molecule has 0 saturated carbocycles. The third-order valence-electron chi connectivity index (χ3n) is 4.33. The molecule has 2 aliphatic rings. The van der Waals surface area contributed by atoms with Gasteiger partial charge in [0.05, 0.1) is 6.61 Å². The van der Waals surface area contributed by atoms with Crippen LogP contribution >= 0.6 is 11.8 Å². The molecular weight excluding hydrogens is 302 g/mol. The number of ether oxygens (including phenoxy) is 1. The quantitative estimate of drug-likeness (QED) is 0.885. The maximum atomic E-state index is 12.5. The van der Waals surface area contributed by atoms with Gasteiger partial charge in [0.2, 0.25) is 0 Å². The molecular formula is C16H19NO4S. The molecule has 2 saturated heterocycles. The van der Waals surface area contributed by atoms with E-state index in [0.29, 0.717) is 30.3 Å². The van der Waals surface area contributed by atoms with Gasteiger partial charge < -0.3 is 15.2 Å². The normalized spacial score (nSPS) is 27.7. The van der Waals surface area contributed by atoms with Gasteiger partial charge in [0.1, 0.15) is 5.54 Å². The van der Waals surface area contributed by atoms with E-state index in [2.05, 4.69) is 5.32 Å². The molecule has 2 atom stereocenters. The maximum absolute atomic E-state index is 12.5. The summed E-state index contributed by atoms with van der Waals surface area (Å²) in [6.07, 6.45) is 1.43. The van der Waals surface area contributed by atoms with Crippen LogP contribution in [0.15, 0.2) is 24.3 Å². The number of hydrogen-bond donors (Lipinski definition) is 2. The highest BCUT2D eigenvalue weighted by Crippen LogP contribution is 2.29. The van der Waals surface area contributed by atoms with Gasteiger partial charge in [0, 0.05) is 23.8 Å². The Labute approximate surface area is 133 Å². The summed E-state index contributed by atoms with van der Waals surface area (Å²) in [5.74, 6) is 0.232. The molecule has 1 aromatic carbocycles. The first-order valence-electron chi connectivity index (χ1n) is 7.42. The largest absolute Gasteiger partial charge is 0.479 e. The average molecular weight is 321 g/mol. The summed E-state index contributed by atoms with van der Waals surface area (Å²) < 4.78 is 5.39. The van der Waals surface area contributed by atoms with E-state index in [1.165, 1.54) is 0 Å². The van der Waals surface area contributed by atoms with Crippen molar-refractivity contribution in [3.05, 3.63) is 35.4 Å². The highest BCUT2D eigenvalue weighted by atomic mass is 32.2. The van der Waals surface area contributed by atoms with Crippen molar-refractivity contribution in [3.63, 3.8) is 0 Å². The summed E-state index contributed by atoms with van der Waals surface area (Å²) in [7, 11) is 0. The minimum Gasteiger partial charge on any atom is -0.479 e. The smallest absolute Gasteiger partial charge is 0.330 e. The number of rotatable bonds is 4. The summed E-state index contributed by atoms with van der Waals surface area (Å²) in [5.41, 5.74) is 0.464. The fourth-order valence-electron chi connectivity index (χ4n) is 2.91. The molecule has 1 amide bonds. The van der Waals surface area contributed by atoms with Crippen LogP contribution in [0.4, 0.5) is 0 Å². The third kappa shape index (κ3) is 2.98. The number of thioether (sulfide) groups is 1. The maximum Gasteiger partial charge on any atom is 0.330 e. The molecule has 1 aromatic rings. The molecule has 2 unspecified atom stereocenters. The van der Waals surface area contributed by atoms with Crippen LogP contribution < -0.4 is 5.32 Å². The topological polar surface area (TPSA) is 75.6 Å². The van der Waals surface area contributed by atoms with Crippen LogP contribution in [0.1, 0.15) is 34.7 Å². The fourth-order valence-corrected chi connectivity index (χ4v) is 4.23. The first-order valence-corrected chi connectivity index (χ1v) is 8.57. The molecule has 2 heterocycles. The molecule has 5 nitrogen and oxygen atoms in total. The predicted octanol–water partition coefficient (Wildman–Crippen LogP) is 1.88. The number of carbonyl (C=O) groups is 2. The number of hydrogen-bond acceptors (Lipinski definition) is 4. The Morgan fingerprint density at radius 2 is 2.27 bits per heavy atom. The summed E-state index contributed by atoms with van der Waals surface area (Å²) in [6, 6.07) is 7.42. The van der Waals surface area contributed by atoms with Crippen molar-refractivity contribution in [2.24, 2.45) is 0 Å². The second-order valence-corrected chi connectivity index (χ2v) is 6.94. The van der Waals surface area contributed by atoms with Gasteiger partial charge in [-0.1, -0.05) is 12.1 Å². The fraction of sp³-hybridized carbons (Fsp3) is 0.500. The molecule has 0 aromatic heterocycles. The molecule has 2 fully saturated rings. The Kier molecular flexibility index (Phi) is 4.40. The van der Waals surface area contributed by atoms with E-state index in [1.807, 2.05) is 18.2 Å². The number of carbonyl (C=O) groups excluding carboxylic acids is 1. The lowest BCUT2D eigenvalue weighted by Gasteiger charge is -2.24. The number of carboxylic acids is 1. The number of carboxylic acid groups (broad SMARTS) is 1.